The summed E-state index contributed by atoms with van der Waals surface area (Å²) in [5.41, 5.74) is -0.520. The largest absolute Gasteiger partial charge is 0.350 e. The summed E-state index contributed by atoms with van der Waals surface area (Å²) in [5.74, 6) is 0.0886. The summed E-state index contributed by atoms with van der Waals surface area (Å²) in [7, 11) is 0. The number of carbonyl (C=O) groups is 1. The van der Waals surface area contributed by atoms with Gasteiger partial charge in [0, 0.05) is 18.7 Å². The van der Waals surface area contributed by atoms with Crippen LogP contribution in [0.4, 0.5) is 5.82 Å². The van der Waals surface area contributed by atoms with Gasteiger partial charge in [0.15, 0.2) is 0 Å². The van der Waals surface area contributed by atoms with Crippen LogP contribution in [0.1, 0.15) is 66.2 Å². The Hall–Kier alpha value is -1.65. The second-order valence-electron chi connectivity index (χ2n) is 5.81. The highest BCUT2D eigenvalue weighted by Gasteiger charge is 2.25. The van der Waals surface area contributed by atoms with Crippen LogP contribution in [0.3, 0.4) is 0 Å². The van der Waals surface area contributed by atoms with Crippen LogP contribution in [0, 0.1) is 0 Å². The zero-order chi connectivity index (χ0) is 15.9. The third-order valence-electron chi connectivity index (χ3n) is 4.02. The molecule has 0 fully saturated rings. The minimum atomic E-state index is -0.305. The van der Waals surface area contributed by atoms with Gasteiger partial charge in [-0.05, 0) is 25.8 Å². The minimum absolute atomic E-state index is 0.216. The van der Waals surface area contributed by atoms with Gasteiger partial charge in [0.2, 0.25) is 5.91 Å². The standard InChI is InChI=1S/C16H27N3O2/c1-5-7-8-9-11-16(4,6-2)19-12-10-14(17-13(3)20)18-15(19)21/h10,12H,5-9,11H2,1-4H3,(H,17,18,20,21). The van der Waals surface area contributed by atoms with Gasteiger partial charge in [0.25, 0.3) is 0 Å². The number of nitrogens with one attached hydrogen (secondary N) is 1. The maximum Gasteiger partial charge on any atom is 0.350 e. The Morgan fingerprint density at radius 1 is 1.33 bits per heavy atom. The molecular formula is C16H27N3O2. The van der Waals surface area contributed by atoms with E-state index in [-0.39, 0.29) is 17.1 Å². The molecule has 1 N–H and O–H groups in total. The Labute approximate surface area is 126 Å². The van der Waals surface area contributed by atoms with Crippen LogP contribution in [0.25, 0.3) is 0 Å². The average molecular weight is 293 g/mol. The molecule has 0 aliphatic carbocycles. The van der Waals surface area contributed by atoms with Gasteiger partial charge >= 0.3 is 5.69 Å². The van der Waals surface area contributed by atoms with Crippen molar-refractivity contribution in [2.24, 2.45) is 0 Å². The van der Waals surface area contributed by atoms with Crippen molar-refractivity contribution in [1.82, 2.24) is 9.55 Å². The maximum absolute atomic E-state index is 12.2. The van der Waals surface area contributed by atoms with Crippen LogP contribution in [0.15, 0.2) is 17.1 Å². The first-order valence-corrected chi connectivity index (χ1v) is 7.80. The molecule has 5 nitrogen and oxygen atoms in total. The van der Waals surface area contributed by atoms with Crippen molar-refractivity contribution in [1.29, 1.82) is 0 Å². The van der Waals surface area contributed by atoms with Gasteiger partial charge in [-0.15, -0.1) is 0 Å². The number of anilines is 1. The molecule has 0 aliphatic heterocycles. The predicted molar refractivity (Wildman–Crippen MR) is 85.5 cm³/mol. The summed E-state index contributed by atoms with van der Waals surface area (Å²) in [6.07, 6.45) is 8.31. The monoisotopic (exact) mass is 293 g/mol. The Balaban J connectivity index is 2.89. The molecule has 1 atom stereocenters. The third kappa shape index (κ3) is 4.99. The third-order valence-corrected chi connectivity index (χ3v) is 4.02. The van der Waals surface area contributed by atoms with Gasteiger partial charge in [-0.2, -0.15) is 4.98 Å². The fourth-order valence-corrected chi connectivity index (χ4v) is 2.46. The number of unbranched alkanes of at least 4 members (excludes halogenated alkanes) is 3. The molecule has 1 rings (SSSR count). The number of nitrogens with zero attached hydrogens (tertiary/aromatic N) is 2. The first kappa shape index (κ1) is 17.4. The lowest BCUT2D eigenvalue weighted by Crippen LogP contribution is -2.39. The summed E-state index contributed by atoms with van der Waals surface area (Å²) in [4.78, 5) is 27.2. The SMILES string of the molecule is CCCCCCC(C)(CC)n1ccc(NC(C)=O)nc1=O. The highest BCUT2D eigenvalue weighted by Crippen LogP contribution is 2.26. The van der Waals surface area contributed by atoms with Crippen molar-refractivity contribution < 1.29 is 4.79 Å². The molecule has 0 aliphatic rings. The lowest BCUT2D eigenvalue weighted by molar-refractivity contribution is -0.114. The number of amides is 1. The molecule has 0 aromatic carbocycles. The van der Waals surface area contributed by atoms with Crippen molar-refractivity contribution >= 4 is 11.7 Å². The van der Waals surface area contributed by atoms with Crippen LogP contribution in [0.5, 0.6) is 0 Å². The topological polar surface area (TPSA) is 64.0 Å². The smallest absolute Gasteiger partial charge is 0.311 e. The quantitative estimate of drug-likeness (QED) is 0.748. The molecule has 118 valence electrons. The van der Waals surface area contributed by atoms with Gasteiger partial charge < -0.3 is 5.32 Å². The number of aromatic nitrogens is 2. The molecule has 0 spiro atoms. The van der Waals surface area contributed by atoms with Crippen LogP contribution in [-0.4, -0.2) is 15.5 Å². The molecule has 1 amide bonds. The normalized spacial score (nSPS) is 13.7. The highest BCUT2D eigenvalue weighted by molar-refractivity contribution is 5.87. The zero-order valence-electron chi connectivity index (χ0n) is 13.6. The number of hydrogen-bond acceptors (Lipinski definition) is 3. The van der Waals surface area contributed by atoms with Crippen molar-refractivity contribution in [3.63, 3.8) is 0 Å². The van der Waals surface area contributed by atoms with Crippen molar-refractivity contribution in [2.45, 2.75) is 71.8 Å². The fraction of sp³-hybridized carbons (Fsp3) is 0.688. The van der Waals surface area contributed by atoms with E-state index in [1.807, 2.05) is 0 Å². The second-order valence-corrected chi connectivity index (χ2v) is 5.81. The molecular weight excluding hydrogens is 266 g/mol. The van der Waals surface area contributed by atoms with Crippen molar-refractivity contribution in [3.05, 3.63) is 22.7 Å². The number of hydrogen-bond donors (Lipinski definition) is 1. The van der Waals surface area contributed by atoms with E-state index >= 15 is 0 Å². The Morgan fingerprint density at radius 2 is 2.05 bits per heavy atom. The van der Waals surface area contributed by atoms with Crippen LogP contribution >= 0.6 is 0 Å². The van der Waals surface area contributed by atoms with Crippen molar-refractivity contribution in [3.8, 4) is 0 Å². The molecule has 1 heterocycles. The number of rotatable bonds is 8. The van der Waals surface area contributed by atoms with E-state index < -0.39 is 0 Å². The molecule has 0 saturated carbocycles. The van der Waals surface area contributed by atoms with Crippen LogP contribution < -0.4 is 11.0 Å². The Kier molecular flexibility index (Phi) is 6.59. The second kappa shape index (κ2) is 7.96. The van der Waals surface area contributed by atoms with Crippen molar-refractivity contribution in [2.75, 3.05) is 5.32 Å². The van der Waals surface area contributed by atoms with E-state index in [1.54, 1.807) is 16.8 Å². The highest BCUT2D eigenvalue weighted by atomic mass is 16.2. The first-order valence-electron chi connectivity index (χ1n) is 7.80. The molecule has 1 aromatic heterocycles. The van der Waals surface area contributed by atoms with Crippen LogP contribution in [-0.2, 0) is 10.3 Å². The first-order chi connectivity index (χ1) is 9.92. The lowest BCUT2D eigenvalue weighted by atomic mass is 9.91. The summed E-state index contributed by atoms with van der Waals surface area (Å²) in [6, 6.07) is 1.68. The summed E-state index contributed by atoms with van der Waals surface area (Å²) >= 11 is 0. The lowest BCUT2D eigenvalue weighted by Gasteiger charge is -2.30. The van der Waals surface area contributed by atoms with Gasteiger partial charge in [-0.3, -0.25) is 9.36 Å². The zero-order valence-corrected chi connectivity index (χ0v) is 13.6. The Morgan fingerprint density at radius 3 is 2.57 bits per heavy atom. The maximum atomic E-state index is 12.2. The van der Waals surface area contributed by atoms with Gasteiger partial charge in [-0.25, -0.2) is 4.79 Å². The van der Waals surface area contributed by atoms with E-state index in [9.17, 15) is 9.59 Å². The minimum Gasteiger partial charge on any atom is -0.311 e. The van der Waals surface area contributed by atoms with E-state index in [0.717, 1.165) is 19.3 Å². The van der Waals surface area contributed by atoms with Gasteiger partial charge in [0.05, 0.1) is 0 Å². The summed E-state index contributed by atoms with van der Waals surface area (Å²) < 4.78 is 1.70. The predicted octanol–water partition coefficient (Wildman–Crippen LogP) is 3.30. The van der Waals surface area contributed by atoms with E-state index in [0.29, 0.717) is 5.82 Å². The molecule has 0 bridgehead atoms. The fourth-order valence-electron chi connectivity index (χ4n) is 2.46. The summed E-state index contributed by atoms with van der Waals surface area (Å²) in [5, 5.41) is 2.54. The summed E-state index contributed by atoms with van der Waals surface area (Å²) in [6.45, 7) is 7.78. The van der Waals surface area contributed by atoms with E-state index in [2.05, 4.69) is 31.1 Å². The van der Waals surface area contributed by atoms with Crippen LogP contribution in [0.2, 0.25) is 0 Å². The molecule has 1 unspecified atom stereocenters. The Bertz CT molecular complexity index is 524. The molecule has 5 heteroatoms. The van der Waals surface area contributed by atoms with E-state index in [4.69, 9.17) is 0 Å². The average Bonchev–Trinajstić information content (AvgIpc) is 2.43. The molecule has 0 saturated heterocycles. The molecule has 1 aromatic rings. The van der Waals surface area contributed by atoms with Gasteiger partial charge in [-0.1, -0.05) is 39.5 Å². The molecule has 0 radical (unpaired) electrons. The number of carbonyl (C=O) groups excluding carboxylic acids is 1. The molecule has 21 heavy (non-hydrogen) atoms. The van der Waals surface area contributed by atoms with Gasteiger partial charge in [0.1, 0.15) is 5.82 Å². The van der Waals surface area contributed by atoms with E-state index in [1.165, 1.54) is 26.2 Å².